The molecule has 0 spiro atoms. The standard InChI is InChI=1S/C23H21N3O3/c1-15-4-3-5-17(10-15)12-25-22(28)19-11-20(14-24-13-19)23(29)26-21-8-6-18(7-9-21)16(2)27/h3-11,13-14H,12H2,1-2H3,(H,25,28)(H,26,29). The van der Waals surface area contributed by atoms with Crippen molar-refractivity contribution in [1.82, 2.24) is 10.3 Å². The number of carbonyl (C=O) groups excluding carboxylic acids is 3. The summed E-state index contributed by atoms with van der Waals surface area (Å²) in [5.74, 6) is -0.739. The maximum Gasteiger partial charge on any atom is 0.257 e. The third-order valence-corrected chi connectivity index (χ3v) is 4.35. The largest absolute Gasteiger partial charge is 0.348 e. The Hall–Kier alpha value is -3.80. The van der Waals surface area contributed by atoms with E-state index in [1.165, 1.54) is 25.4 Å². The Balaban J connectivity index is 1.65. The van der Waals surface area contributed by atoms with Crippen molar-refractivity contribution >= 4 is 23.3 Å². The molecule has 2 N–H and O–H groups in total. The quantitative estimate of drug-likeness (QED) is 0.630. The lowest BCUT2D eigenvalue weighted by Gasteiger charge is -2.08. The van der Waals surface area contributed by atoms with E-state index in [1.807, 2.05) is 31.2 Å². The van der Waals surface area contributed by atoms with Gasteiger partial charge in [0.15, 0.2) is 5.78 Å². The summed E-state index contributed by atoms with van der Waals surface area (Å²) in [5.41, 5.74) is 3.80. The van der Waals surface area contributed by atoms with Crippen molar-refractivity contribution in [2.75, 3.05) is 5.32 Å². The molecule has 2 aromatic carbocycles. The van der Waals surface area contributed by atoms with Gasteiger partial charge in [-0.3, -0.25) is 19.4 Å². The molecule has 6 heteroatoms. The van der Waals surface area contributed by atoms with Gasteiger partial charge in [0.05, 0.1) is 11.1 Å². The molecule has 3 rings (SSSR count). The monoisotopic (exact) mass is 387 g/mol. The Morgan fingerprint density at radius 2 is 1.55 bits per heavy atom. The van der Waals surface area contributed by atoms with Crippen LogP contribution in [0.3, 0.4) is 0 Å². The topological polar surface area (TPSA) is 88.2 Å². The molecule has 146 valence electrons. The third-order valence-electron chi connectivity index (χ3n) is 4.35. The zero-order chi connectivity index (χ0) is 20.8. The number of nitrogens with one attached hydrogen (secondary N) is 2. The predicted molar refractivity (Wildman–Crippen MR) is 111 cm³/mol. The lowest BCUT2D eigenvalue weighted by atomic mass is 10.1. The Labute approximate surface area is 169 Å². The number of ketones is 1. The second-order valence-electron chi connectivity index (χ2n) is 6.72. The van der Waals surface area contributed by atoms with Crippen LogP contribution < -0.4 is 10.6 Å². The van der Waals surface area contributed by atoms with Crippen molar-refractivity contribution in [2.45, 2.75) is 20.4 Å². The van der Waals surface area contributed by atoms with E-state index in [-0.39, 0.29) is 23.2 Å². The highest BCUT2D eigenvalue weighted by Crippen LogP contribution is 2.12. The molecule has 6 nitrogen and oxygen atoms in total. The average Bonchev–Trinajstić information content (AvgIpc) is 2.72. The molecule has 0 saturated heterocycles. The Kier molecular flexibility index (Phi) is 6.14. The summed E-state index contributed by atoms with van der Waals surface area (Å²) in [6.07, 6.45) is 2.82. The Morgan fingerprint density at radius 1 is 0.862 bits per heavy atom. The van der Waals surface area contributed by atoms with E-state index < -0.39 is 0 Å². The second-order valence-corrected chi connectivity index (χ2v) is 6.72. The predicted octanol–water partition coefficient (Wildman–Crippen LogP) is 3.77. The summed E-state index contributed by atoms with van der Waals surface area (Å²) < 4.78 is 0. The van der Waals surface area contributed by atoms with Gasteiger partial charge >= 0.3 is 0 Å². The zero-order valence-electron chi connectivity index (χ0n) is 16.2. The van der Waals surface area contributed by atoms with Crippen LogP contribution in [0, 0.1) is 6.92 Å². The number of nitrogens with zero attached hydrogens (tertiary/aromatic N) is 1. The van der Waals surface area contributed by atoms with Gasteiger partial charge in [-0.1, -0.05) is 29.8 Å². The van der Waals surface area contributed by atoms with Crippen molar-refractivity contribution in [2.24, 2.45) is 0 Å². The van der Waals surface area contributed by atoms with Crippen molar-refractivity contribution in [3.8, 4) is 0 Å². The molecule has 3 aromatic rings. The first-order valence-corrected chi connectivity index (χ1v) is 9.13. The highest BCUT2D eigenvalue weighted by Gasteiger charge is 2.12. The third kappa shape index (κ3) is 5.35. The number of carbonyl (C=O) groups is 3. The smallest absolute Gasteiger partial charge is 0.257 e. The van der Waals surface area contributed by atoms with Crippen LogP contribution in [0.4, 0.5) is 5.69 Å². The maximum atomic E-state index is 12.5. The van der Waals surface area contributed by atoms with Crippen LogP contribution in [0.15, 0.2) is 67.0 Å². The molecule has 0 unspecified atom stereocenters. The summed E-state index contributed by atoms with van der Waals surface area (Å²) in [7, 11) is 0. The van der Waals surface area contributed by atoms with Gasteiger partial charge in [0.25, 0.3) is 11.8 Å². The number of aromatic nitrogens is 1. The van der Waals surface area contributed by atoms with E-state index in [0.29, 0.717) is 23.4 Å². The average molecular weight is 387 g/mol. The summed E-state index contributed by atoms with van der Waals surface area (Å²) in [4.78, 5) is 40.2. The van der Waals surface area contributed by atoms with Gasteiger partial charge in [0, 0.05) is 30.2 Å². The first-order valence-electron chi connectivity index (χ1n) is 9.13. The second kappa shape index (κ2) is 8.93. The number of hydrogen-bond donors (Lipinski definition) is 2. The number of rotatable bonds is 6. The fourth-order valence-corrected chi connectivity index (χ4v) is 2.79. The molecule has 0 aliphatic carbocycles. The molecule has 29 heavy (non-hydrogen) atoms. The van der Waals surface area contributed by atoms with Crippen LogP contribution in [0.25, 0.3) is 0 Å². The van der Waals surface area contributed by atoms with E-state index in [4.69, 9.17) is 0 Å². The molecular formula is C23H21N3O3. The summed E-state index contributed by atoms with van der Waals surface area (Å²) in [6.45, 7) is 3.86. The van der Waals surface area contributed by atoms with Crippen molar-refractivity contribution in [3.05, 3.63) is 94.8 Å². The fourth-order valence-electron chi connectivity index (χ4n) is 2.79. The fraction of sp³-hybridized carbons (Fsp3) is 0.130. The van der Waals surface area contributed by atoms with Crippen LogP contribution >= 0.6 is 0 Å². The summed E-state index contributed by atoms with van der Waals surface area (Å²) in [5, 5.41) is 5.57. The minimum atomic E-state index is -0.388. The van der Waals surface area contributed by atoms with Gasteiger partial charge in [-0.25, -0.2) is 0 Å². The Bertz CT molecular complexity index is 1060. The first kappa shape index (κ1) is 19.9. The van der Waals surface area contributed by atoms with E-state index >= 15 is 0 Å². The number of benzene rings is 2. The van der Waals surface area contributed by atoms with E-state index in [2.05, 4.69) is 15.6 Å². The SMILES string of the molecule is CC(=O)c1ccc(NC(=O)c2cncc(C(=O)NCc3cccc(C)c3)c2)cc1. The molecule has 2 amide bonds. The van der Waals surface area contributed by atoms with Gasteiger partial charge in [-0.2, -0.15) is 0 Å². The number of Topliss-reactive ketones (excluding diaryl/α,β-unsaturated/α-hetero) is 1. The van der Waals surface area contributed by atoms with Gasteiger partial charge in [0.1, 0.15) is 0 Å². The van der Waals surface area contributed by atoms with Crippen molar-refractivity contribution in [3.63, 3.8) is 0 Å². The van der Waals surface area contributed by atoms with Gasteiger partial charge in [0.2, 0.25) is 0 Å². The lowest BCUT2D eigenvalue weighted by molar-refractivity contribution is 0.0949. The Morgan fingerprint density at radius 3 is 2.21 bits per heavy atom. The minimum absolute atomic E-state index is 0.0450. The molecule has 0 bridgehead atoms. The van der Waals surface area contributed by atoms with Crippen LogP contribution in [-0.4, -0.2) is 22.6 Å². The number of pyridine rings is 1. The molecule has 0 atom stereocenters. The van der Waals surface area contributed by atoms with E-state index in [0.717, 1.165) is 11.1 Å². The molecular weight excluding hydrogens is 366 g/mol. The van der Waals surface area contributed by atoms with Gasteiger partial charge < -0.3 is 10.6 Å². The highest BCUT2D eigenvalue weighted by molar-refractivity contribution is 6.06. The molecule has 0 aliphatic rings. The first-order chi connectivity index (χ1) is 13.9. The van der Waals surface area contributed by atoms with Crippen molar-refractivity contribution < 1.29 is 14.4 Å². The molecule has 0 fully saturated rings. The van der Waals surface area contributed by atoms with E-state index in [9.17, 15) is 14.4 Å². The highest BCUT2D eigenvalue weighted by atomic mass is 16.2. The molecule has 1 heterocycles. The van der Waals surface area contributed by atoms with Crippen LogP contribution in [-0.2, 0) is 6.54 Å². The maximum absolute atomic E-state index is 12.5. The van der Waals surface area contributed by atoms with E-state index in [1.54, 1.807) is 24.3 Å². The minimum Gasteiger partial charge on any atom is -0.348 e. The van der Waals surface area contributed by atoms with Crippen LogP contribution in [0.1, 0.15) is 49.1 Å². The van der Waals surface area contributed by atoms with Crippen LogP contribution in [0.5, 0.6) is 0 Å². The lowest BCUT2D eigenvalue weighted by Crippen LogP contribution is -2.23. The molecule has 0 aliphatic heterocycles. The normalized spacial score (nSPS) is 10.3. The molecule has 0 radical (unpaired) electrons. The molecule has 1 aromatic heterocycles. The number of aryl methyl sites for hydroxylation is 1. The van der Waals surface area contributed by atoms with Gasteiger partial charge in [-0.15, -0.1) is 0 Å². The number of anilines is 1. The van der Waals surface area contributed by atoms with Crippen LogP contribution in [0.2, 0.25) is 0 Å². The molecule has 0 saturated carbocycles. The summed E-state index contributed by atoms with van der Waals surface area (Å²) in [6, 6.07) is 16.0. The zero-order valence-corrected chi connectivity index (χ0v) is 16.2. The van der Waals surface area contributed by atoms with Gasteiger partial charge in [-0.05, 0) is 49.7 Å². The number of hydrogen-bond acceptors (Lipinski definition) is 4. The van der Waals surface area contributed by atoms with Crippen molar-refractivity contribution in [1.29, 1.82) is 0 Å². The number of amides is 2. The summed E-state index contributed by atoms with van der Waals surface area (Å²) >= 11 is 0.